The van der Waals surface area contributed by atoms with Crippen LogP contribution in [0.2, 0.25) is 0 Å². The summed E-state index contributed by atoms with van der Waals surface area (Å²) in [5.74, 6) is 0. The quantitative estimate of drug-likeness (QED) is 0.627. The van der Waals surface area contributed by atoms with Gasteiger partial charge >= 0.3 is 0 Å². The molecule has 3 rings (SSSR count). The highest BCUT2D eigenvalue weighted by molar-refractivity contribution is 5.51. The molecule has 0 aliphatic rings. The fourth-order valence-corrected chi connectivity index (χ4v) is 2.16. The highest BCUT2D eigenvalue weighted by atomic mass is 15.3. The molecule has 4 heteroatoms. The number of benzene rings is 2. The predicted molar refractivity (Wildman–Crippen MR) is 83.7 cm³/mol. The molecule has 0 aliphatic carbocycles. The van der Waals surface area contributed by atoms with Crippen molar-refractivity contribution in [2.75, 3.05) is 0 Å². The molecule has 2 aromatic carbocycles. The molecule has 104 valence electrons. The van der Waals surface area contributed by atoms with Gasteiger partial charge in [0.05, 0.1) is 17.1 Å². The van der Waals surface area contributed by atoms with Crippen molar-refractivity contribution >= 4 is 11.4 Å². The summed E-state index contributed by atoms with van der Waals surface area (Å²) in [4.78, 5) is 0. The SMILES string of the molecule is Cc1ccccc1N=Nc1ccc(-n2cccn2)c(C)c1. The van der Waals surface area contributed by atoms with E-state index in [0.717, 1.165) is 28.2 Å². The zero-order chi connectivity index (χ0) is 14.7. The number of aromatic nitrogens is 2. The first-order valence-corrected chi connectivity index (χ1v) is 6.82. The lowest BCUT2D eigenvalue weighted by atomic mass is 10.2. The Morgan fingerprint density at radius 3 is 2.48 bits per heavy atom. The molecule has 0 atom stereocenters. The van der Waals surface area contributed by atoms with Gasteiger partial charge in [-0.15, -0.1) is 0 Å². The Morgan fingerprint density at radius 1 is 0.905 bits per heavy atom. The van der Waals surface area contributed by atoms with Crippen molar-refractivity contribution in [2.45, 2.75) is 13.8 Å². The molecule has 0 saturated heterocycles. The number of aryl methyl sites for hydroxylation is 2. The van der Waals surface area contributed by atoms with Gasteiger partial charge in [-0.05, 0) is 55.3 Å². The van der Waals surface area contributed by atoms with Gasteiger partial charge in [-0.2, -0.15) is 15.3 Å². The third kappa shape index (κ3) is 2.89. The van der Waals surface area contributed by atoms with Crippen LogP contribution in [0.15, 0.2) is 71.2 Å². The fraction of sp³-hybridized carbons (Fsp3) is 0.118. The second kappa shape index (κ2) is 5.71. The van der Waals surface area contributed by atoms with E-state index in [1.165, 1.54) is 0 Å². The van der Waals surface area contributed by atoms with Crippen molar-refractivity contribution in [3.05, 3.63) is 72.1 Å². The van der Waals surface area contributed by atoms with Gasteiger partial charge in [-0.25, -0.2) is 4.68 Å². The summed E-state index contributed by atoms with van der Waals surface area (Å²) in [6.07, 6.45) is 3.70. The Hall–Kier alpha value is -2.75. The second-order valence-corrected chi connectivity index (χ2v) is 4.91. The summed E-state index contributed by atoms with van der Waals surface area (Å²) in [6.45, 7) is 4.07. The molecular weight excluding hydrogens is 260 g/mol. The molecule has 0 aliphatic heterocycles. The van der Waals surface area contributed by atoms with E-state index in [0.29, 0.717) is 0 Å². The Labute approximate surface area is 123 Å². The highest BCUT2D eigenvalue weighted by Crippen LogP contribution is 2.24. The molecule has 0 amide bonds. The topological polar surface area (TPSA) is 42.5 Å². The third-order valence-corrected chi connectivity index (χ3v) is 3.32. The minimum atomic E-state index is 0.839. The Bertz CT molecular complexity index is 773. The van der Waals surface area contributed by atoms with E-state index in [9.17, 15) is 0 Å². The normalized spacial score (nSPS) is 11.1. The van der Waals surface area contributed by atoms with Gasteiger partial charge < -0.3 is 0 Å². The predicted octanol–water partition coefficient (Wildman–Crippen LogP) is 4.90. The van der Waals surface area contributed by atoms with Crippen LogP contribution in [0.1, 0.15) is 11.1 Å². The molecule has 0 fully saturated rings. The number of azo groups is 1. The molecule has 0 unspecified atom stereocenters. The molecule has 0 N–H and O–H groups in total. The molecule has 0 spiro atoms. The van der Waals surface area contributed by atoms with Crippen LogP contribution < -0.4 is 0 Å². The lowest BCUT2D eigenvalue weighted by Crippen LogP contribution is -1.96. The largest absolute Gasteiger partial charge is 0.241 e. The maximum atomic E-state index is 4.32. The highest BCUT2D eigenvalue weighted by Gasteiger charge is 2.02. The van der Waals surface area contributed by atoms with Gasteiger partial charge in [0, 0.05) is 12.4 Å². The molecule has 21 heavy (non-hydrogen) atoms. The molecule has 1 aromatic heterocycles. The molecule has 4 nitrogen and oxygen atoms in total. The summed E-state index contributed by atoms with van der Waals surface area (Å²) in [5, 5.41) is 12.9. The molecule has 0 radical (unpaired) electrons. The van der Waals surface area contributed by atoms with E-state index in [-0.39, 0.29) is 0 Å². The molecule has 3 aromatic rings. The van der Waals surface area contributed by atoms with Crippen LogP contribution in [0.5, 0.6) is 0 Å². The summed E-state index contributed by atoms with van der Waals surface area (Å²) >= 11 is 0. The first-order valence-electron chi connectivity index (χ1n) is 6.82. The molecular formula is C17H16N4. The molecule has 1 heterocycles. The smallest absolute Gasteiger partial charge is 0.0886 e. The van der Waals surface area contributed by atoms with E-state index in [1.807, 2.05) is 73.3 Å². The summed E-state index contributed by atoms with van der Waals surface area (Å²) in [5.41, 5.74) is 5.01. The lowest BCUT2D eigenvalue weighted by Gasteiger charge is -2.06. The van der Waals surface area contributed by atoms with Crippen LogP contribution in [-0.2, 0) is 0 Å². The van der Waals surface area contributed by atoms with Crippen molar-refractivity contribution in [1.82, 2.24) is 9.78 Å². The monoisotopic (exact) mass is 276 g/mol. The van der Waals surface area contributed by atoms with Gasteiger partial charge in [0.25, 0.3) is 0 Å². The van der Waals surface area contributed by atoms with Crippen LogP contribution in [0.3, 0.4) is 0 Å². The van der Waals surface area contributed by atoms with Crippen molar-refractivity contribution in [2.24, 2.45) is 10.2 Å². The van der Waals surface area contributed by atoms with Crippen molar-refractivity contribution in [3.63, 3.8) is 0 Å². The average Bonchev–Trinajstić information content (AvgIpc) is 3.00. The summed E-state index contributed by atoms with van der Waals surface area (Å²) in [7, 11) is 0. The first-order chi connectivity index (χ1) is 10.2. The zero-order valence-corrected chi connectivity index (χ0v) is 12.1. The van der Waals surface area contributed by atoms with Crippen LogP contribution in [0.4, 0.5) is 11.4 Å². The maximum Gasteiger partial charge on any atom is 0.0886 e. The van der Waals surface area contributed by atoms with E-state index in [2.05, 4.69) is 15.3 Å². The minimum absolute atomic E-state index is 0.839. The average molecular weight is 276 g/mol. The summed E-state index contributed by atoms with van der Waals surface area (Å²) < 4.78 is 1.84. The summed E-state index contributed by atoms with van der Waals surface area (Å²) in [6, 6.07) is 15.8. The first kappa shape index (κ1) is 13.2. The van der Waals surface area contributed by atoms with E-state index >= 15 is 0 Å². The third-order valence-electron chi connectivity index (χ3n) is 3.32. The van der Waals surface area contributed by atoms with Crippen molar-refractivity contribution in [3.8, 4) is 5.69 Å². The zero-order valence-electron chi connectivity index (χ0n) is 12.1. The van der Waals surface area contributed by atoms with E-state index < -0.39 is 0 Å². The van der Waals surface area contributed by atoms with Crippen LogP contribution in [0.25, 0.3) is 5.69 Å². The Balaban J connectivity index is 1.88. The standard InChI is InChI=1S/C17H16N4/c1-13-6-3-4-7-16(13)20-19-15-8-9-17(14(2)12-15)21-11-5-10-18-21/h3-12H,1-2H3. The van der Waals surface area contributed by atoms with E-state index in [4.69, 9.17) is 0 Å². The van der Waals surface area contributed by atoms with Crippen LogP contribution in [-0.4, -0.2) is 9.78 Å². The minimum Gasteiger partial charge on any atom is -0.241 e. The molecule has 0 bridgehead atoms. The number of hydrogen-bond acceptors (Lipinski definition) is 3. The van der Waals surface area contributed by atoms with Crippen LogP contribution in [0, 0.1) is 13.8 Å². The number of rotatable bonds is 3. The van der Waals surface area contributed by atoms with Gasteiger partial charge in [-0.3, -0.25) is 0 Å². The van der Waals surface area contributed by atoms with E-state index in [1.54, 1.807) is 6.20 Å². The van der Waals surface area contributed by atoms with Gasteiger partial charge in [-0.1, -0.05) is 18.2 Å². The van der Waals surface area contributed by atoms with Crippen molar-refractivity contribution < 1.29 is 0 Å². The fourth-order valence-electron chi connectivity index (χ4n) is 2.16. The molecule has 0 saturated carbocycles. The lowest BCUT2D eigenvalue weighted by molar-refractivity contribution is 0.872. The van der Waals surface area contributed by atoms with Gasteiger partial charge in [0.2, 0.25) is 0 Å². The second-order valence-electron chi connectivity index (χ2n) is 4.91. The van der Waals surface area contributed by atoms with Crippen molar-refractivity contribution in [1.29, 1.82) is 0 Å². The maximum absolute atomic E-state index is 4.32. The van der Waals surface area contributed by atoms with Gasteiger partial charge in [0.1, 0.15) is 0 Å². The Kier molecular flexibility index (Phi) is 3.60. The van der Waals surface area contributed by atoms with Gasteiger partial charge in [0.15, 0.2) is 0 Å². The number of nitrogens with zero attached hydrogens (tertiary/aromatic N) is 4. The van der Waals surface area contributed by atoms with Crippen LogP contribution >= 0.6 is 0 Å². The number of hydrogen-bond donors (Lipinski definition) is 0. The Morgan fingerprint density at radius 2 is 1.76 bits per heavy atom.